The van der Waals surface area contributed by atoms with E-state index in [2.05, 4.69) is 11.8 Å². The summed E-state index contributed by atoms with van der Waals surface area (Å²) in [6.07, 6.45) is 0.745. The third kappa shape index (κ3) is 3.79. The fraction of sp³-hybridized carbons (Fsp3) is 0.500. The molecule has 0 heterocycles. The van der Waals surface area contributed by atoms with Gasteiger partial charge in [0, 0.05) is 25.4 Å². The van der Waals surface area contributed by atoms with Crippen LogP contribution in [-0.4, -0.2) is 29.7 Å². The van der Waals surface area contributed by atoms with Crippen LogP contribution in [0.1, 0.15) is 18.9 Å². The smallest absolute Gasteiger partial charge is 0.125 e. The van der Waals surface area contributed by atoms with Crippen molar-refractivity contribution in [3.63, 3.8) is 0 Å². The number of aliphatic hydroxyl groups excluding tert-OH is 1. The van der Waals surface area contributed by atoms with Crippen LogP contribution >= 0.6 is 0 Å². The molecular formula is C12H19FN2O. The molecule has 3 N–H and O–H groups in total. The minimum Gasteiger partial charge on any atom is -0.398 e. The number of hydrogen-bond acceptors (Lipinski definition) is 3. The van der Waals surface area contributed by atoms with Gasteiger partial charge in [0.1, 0.15) is 5.82 Å². The fourth-order valence-corrected chi connectivity index (χ4v) is 1.59. The van der Waals surface area contributed by atoms with E-state index in [1.54, 1.807) is 6.07 Å². The average Bonchev–Trinajstić information content (AvgIpc) is 2.27. The Kier molecular flexibility index (Phi) is 5.22. The third-order valence-electron chi connectivity index (χ3n) is 2.58. The molecule has 0 aliphatic rings. The van der Waals surface area contributed by atoms with Crippen molar-refractivity contribution in [1.29, 1.82) is 0 Å². The van der Waals surface area contributed by atoms with Crippen molar-refractivity contribution in [3.05, 3.63) is 29.6 Å². The van der Waals surface area contributed by atoms with E-state index in [0.717, 1.165) is 25.1 Å². The molecule has 1 rings (SSSR count). The van der Waals surface area contributed by atoms with Crippen LogP contribution in [-0.2, 0) is 6.54 Å². The molecule has 0 aliphatic carbocycles. The van der Waals surface area contributed by atoms with Crippen LogP contribution in [0.25, 0.3) is 0 Å². The molecule has 0 atom stereocenters. The largest absolute Gasteiger partial charge is 0.398 e. The van der Waals surface area contributed by atoms with E-state index in [-0.39, 0.29) is 12.4 Å². The highest BCUT2D eigenvalue weighted by Crippen LogP contribution is 2.15. The molecular weight excluding hydrogens is 207 g/mol. The van der Waals surface area contributed by atoms with Gasteiger partial charge < -0.3 is 10.8 Å². The van der Waals surface area contributed by atoms with Crippen molar-refractivity contribution >= 4 is 5.69 Å². The summed E-state index contributed by atoms with van der Waals surface area (Å²) in [4.78, 5) is 2.17. The highest BCUT2D eigenvalue weighted by Gasteiger charge is 2.06. The van der Waals surface area contributed by atoms with Gasteiger partial charge in [-0.15, -0.1) is 0 Å². The lowest BCUT2D eigenvalue weighted by Gasteiger charge is -2.20. The number of benzene rings is 1. The van der Waals surface area contributed by atoms with Crippen molar-refractivity contribution in [2.24, 2.45) is 0 Å². The lowest BCUT2D eigenvalue weighted by Crippen LogP contribution is -2.25. The molecule has 0 radical (unpaired) electrons. The number of aliphatic hydroxyl groups is 1. The molecule has 0 spiro atoms. The van der Waals surface area contributed by atoms with Crippen LogP contribution < -0.4 is 5.73 Å². The van der Waals surface area contributed by atoms with Gasteiger partial charge in [0.05, 0.1) is 0 Å². The third-order valence-corrected chi connectivity index (χ3v) is 2.58. The van der Waals surface area contributed by atoms with E-state index >= 15 is 0 Å². The van der Waals surface area contributed by atoms with Gasteiger partial charge in [-0.05, 0) is 30.7 Å². The Morgan fingerprint density at radius 3 is 2.75 bits per heavy atom. The number of nitrogens with zero attached hydrogens (tertiary/aromatic N) is 1. The molecule has 0 fully saturated rings. The number of anilines is 1. The molecule has 1 aromatic carbocycles. The summed E-state index contributed by atoms with van der Waals surface area (Å²) in [5.41, 5.74) is 7.16. The summed E-state index contributed by atoms with van der Waals surface area (Å²) >= 11 is 0. The van der Waals surface area contributed by atoms with Crippen molar-refractivity contribution in [3.8, 4) is 0 Å². The van der Waals surface area contributed by atoms with Gasteiger partial charge in [-0.25, -0.2) is 4.39 Å². The topological polar surface area (TPSA) is 49.5 Å². The van der Waals surface area contributed by atoms with Crippen molar-refractivity contribution < 1.29 is 9.50 Å². The summed E-state index contributed by atoms with van der Waals surface area (Å²) < 4.78 is 12.8. The summed E-state index contributed by atoms with van der Waals surface area (Å²) in [6.45, 7) is 4.65. The molecule has 0 aromatic heterocycles. The van der Waals surface area contributed by atoms with E-state index in [0.29, 0.717) is 12.2 Å². The second kappa shape index (κ2) is 6.45. The zero-order valence-electron chi connectivity index (χ0n) is 9.62. The first-order valence-electron chi connectivity index (χ1n) is 5.54. The molecule has 0 amide bonds. The summed E-state index contributed by atoms with van der Waals surface area (Å²) in [5, 5.41) is 8.77. The van der Waals surface area contributed by atoms with E-state index in [9.17, 15) is 4.39 Å². The minimum absolute atomic E-state index is 0.190. The Labute approximate surface area is 95.7 Å². The minimum atomic E-state index is -0.306. The van der Waals surface area contributed by atoms with Crippen molar-refractivity contribution in [1.82, 2.24) is 4.90 Å². The lowest BCUT2D eigenvalue weighted by molar-refractivity contribution is 0.225. The maximum atomic E-state index is 12.8. The predicted octanol–water partition coefficient (Wildman–Crippen LogP) is 1.61. The Balaban J connectivity index is 2.62. The lowest BCUT2D eigenvalue weighted by atomic mass is 10.1. The fourth-order valence-electron chi connectivity index (χ4n) is 1.59. The molecule has 0 unspecified atom stereocenters. The molecule has 90 valence electrons. The summed E-state index contributed by atoms with van der Waals surface area (Å²) in [7, 11) is 0. The monoisotopic (exact) mass is 226 g/mol. The molecule has 0 saturated carbocycles. The predicted molar refractivity (Wildman–Crippen MR) is 63.5 cm³/mol. The van der Waals surface area contributed by atoms with Crippen molar-refractivity contribution in [2.75, 3.05) is 25.4 Å². The Morgan fingerprint density at radius 2 is 2.19 bits per heavy atom. The summed E-state index contributed by atoms with van der Waals surface area (Å²) in [5.74, 6) is -0.306. The molecule has 0 saturated heterocycles. The van der Waals surface area contributed by atoms with E-state index < -0.39 is 0 Å². The normalized spacial score (nSPS) is 11.0. The number of nitrogens with two attached hydrogens (primary N) is 1. The number of nitrogen functional groups attached to an aromatic ring is 1. The SMILES string of the molecule is CCN(CCCO)Cc1ccc(F)cc1N. The van der Waals surface area contributed by atoms with Gasteiger partial charge in [-0.2, -0.15) is 0 Å². The van der Waals surface area contributed by atoms with Crippen LogP contribution in [0.3, 0.4) is 0 Å². The van der Waals surface area contributed by atoms with Crippen LogP contribution in [0.4, 0.5) is 10.1 Å². The van der Waals surface area contributed by atoms with Gasteiger partial charge in [0.2, 0.25) is 0 Å². The zero-order valence-corrected chi connectivity index (χ0v) is 9.62. The van der Waals surface area contributed by atoms with Crippen LogP contribution in [0.5, 0.6) is 0 Å². The quantitative estimate of drug-likeness (QED) is 0.725. The average molecular weight is 226 g/mol. The Hall–Kier alpha value is -1.13. The second-order valence-electron chi connectivity index (χ2n) is 3.79. The molecule has 16 heavy (non-hydrogen) atoms. The maximum absolute atomic E-state index is 12.8. The Morgan fingerprint density at radius 1 is 1.44 bits per heavy atom. The molecule has 4 heteroatoms. The van der Waals surface area contributed by atoms with Gasteiger partial charge in [0.15, 0.2) is 0 Å². The maximum Gasteiger partial charge on any atom is 0.125 e. The van der Waals surface area contributed by atoms with Crippen LogP contribution in [0.15, 0.2) is 18.2 Å². The first-order valence-corrected chi connectivity index (χ1v) is 5.54. The first kappa shape index (κ1) is 12.9. The van der Waals surface area contributed by atoms with Gasteiger partial charge >= 0.3 is 0 Å². The number of hydrogen-bond donors (Lipinski definition) is 2. The van der Waals surface area contributed by atoms with Crippen molar-refractivity contribution in [2.45, 2.75) is 19.9 Å². The first-order chi connectivity index (χ1) is 7.67. The number of halogens is 1. The van der Waals surface area contributed by atoms with Gasteiger partial charge in [-0.1, -0.05) is 13.0 Å². The highest BCUT2D eigenvalue weighted by molar-refractivity contribution is 5.46. The van der Waals surface area contributed by atoms with E-state index in [1.165, 1.54) is 12.1 Å². The zero-order chi connectivity index (χ0) is 12.0. The molecule has 0 aliphatic heterocycles. The van der Waals surface area contributed by atoms with E-state index in [1.807, 2.05) is 0 Å². The number of rotatable bonds is 6. The molecule has 3 nitrogen and oxygen atoms in total. The van der Waals surface area contributed by atoms with Gasteiger partial charge in [-0.3, -0.25) is 4.90 Å². The van der Waals surface area contributed by atoms with Gasteiger partial charge in [0.25, 0.3) is 0 Å². The second-order valence-corrected chi connectivity index (χ2v) is 3.79. The van der Waals surface area contributed by atoms with E-state index in [4.69, 9.17) is 10.8 Å². The summed E-state index contributed by atoms with van der Waals surface area (Å²) in [6, 6.07) is 4.48. The Bertz CT molecular complexity index is 331. The van der Waals surface area contributed by atoms with Crippen LogP contribution in [0.2, 0.25) is 0 Å². The molecule has 0 bridgehead atoms. The van der Waals surface area contributed by atoms with Crippen LogP contribution in [0, 0.1) is 5.82 Å². The molecule has 1 aromatic rings. The standard InChI is InChI=1S/C12H19FN2O/c1-2-15(6-3-7-16)9-10-4-5-11(13)8-12(10)14/h4-5,8,16H,2-3,6-7,9,14H2,1H3. The highest BCUT2D eigenvalue weighted by atomic mass is 19.1.